The van der Waals surface area contributed by atoms with Gasteiger partial charge in [-0.25, -0.2) is 4.98 Å². The summed E-state index contributed by atoms with van der Waals surface area (Å²) in [5.41, 5.74) is 4.63. The summed E-state index contributed by atoms with van der Waals surface area (Å²) >= 11 is 0. The third kappa shape index (κ3) is 2.11. The number of hydrogen-bond acceptors (Lipinski definition) is 4. The van der Waals surface area contributed by atoms with Crippen LogP contribution in [-0.2, 0) is 0 Å². The molecule has 0 unspecified atom stereocenters. The van der Waals surface area contributed by atoms with Crippen molar-refractivity contribution in [1.82, 2.24) is 20.2 Å². The fourth-order valence-corrected chi connectivity index (χ4v) is 2.70. The molecule has 0 saturated heterocycles. The highest BCUT2D eigenvalue weighted by Crippen LogP contribution is 2.35. The maximum absolute atomic E-state index is 10.5. The van der Waals surface area contributed by atoms with Crippen LogP contribution in [0.15, 0.2) is 42.5 Å². The number of aromatic nitrogens is 4. The summed E-state index contributed by atoms with van der Waals surface area (Å²) in [6, 6.07) is 15.2. The van der Waals surface area contributed by atoms with Crippen LogP contribution in [0.1, 0.15) is 11.1 Å². The number of hydrogen-bond donors (Lipinski definition) is 3. The largest absolute Gasteiger partial charge is 0.504 e. The molecule has 6 nitrogen and oxygen atoms in total. The number of aromatic hydroxyl groups is 1. The molecule has 0 aliphatic heterocycles. The van der Waals surface area contributed by atoms with Crippen molar-refractivity contribution in [2.75, 3.05) is 0 Å². The number of H-pyrrole nitrogens is 2. The minimum absolute atomic E-state index is 0.0393. The van der Waals surface area contributed by atoms with Gasteiger partial charge in [0.25, 0.3) is 0 Å². The first-order valence-corrected chi connectivity index (χ1v) is 7.41. The van der Waals surface area contributed by atoms with E-state index in [1.807, 2.05) is 43.3 Å². The predicted molar refractivity (Wildman–Crippen MR) is 90.2 cm³/mol. The van der Waals surface area contributed by atoms with Gasteiger partial charge in [0.05, 0.1) is 22.7 Å². The van der Waals surface area contributed by atoms with Crippen molar-refractivity contribution in [2.45, 2.75) is 6.92 Å². The molecule has 116 valence electrons. The first-order valence-electron chi connectivity index (χ1n) is 7.41. The van der Waals surface area contributed by atoms with Crippen LogP contribution in [0.25, 0.3) is 33.8 Å². The van der Waals surface area contributed by atoms with Crippen molar-refractivity contribution < 1.29 is 5.11 Å². The minimum atomic E-state index is 0.0393. The van der Waals surface area contributed by atoms with E-state index in [4.69, 9.17) is 5.26 Å². The van der Waals surface area contributed by atoms with Crippen molar-refractivity contribution >= 4 is 11.0 Å². The highest BCUT2D eigenvalue weighted by molar-refractivity contribution is 5.83. The average molecular weight is 315 g/mol. The molecule has 0 aliphatic carbocycles. The van der Waals surface area contributed by atoms with Crippen LogP contribution in [-0.4, -0.2) is 25.3 Å². The van der Waals surface area contributed by atoms with Crippen LogP contribution in [0.2, 0.25) is 0 Å². The normalized spacial score (nSPS) is 10.8. The van der Waals surface area contributed by atoms with Crippen LogP contribution in [0.4, 0.5) is 0 Å². The summed E-state index contributed by atoms with van der Waals surface area (Å²) in [5.74, 6) is 0.518. The summed E-state index contributed by atoms with van der Waals surface area (Å²) < 4.78 is 0. The molecule has 2 aromatic carbocycles. The van der Waals surface area contributed by atoms with Crippen molar-refractivity contribution in [3.63, 3.8) is 0 Å². The summed E-state index contributed by atoms with van der Waals surface area (Å²) in [6.45, 7) is 1.87. The Bertz CT molecular complexity index is 1090. The van der Waals surface area contributed by atoms with E-state index in [0.717, 1.165) is 16.6 Å². The monoisotopic (exact) mass is 315 g/mol. The van der Waals surface area contributed by atoms with Gasteiger partial charge in [-0.3, -0.25) is 5.10 Å². The number of nitriles is 1. The van der Waals surface area contributed by atoms with Crippen molar-refractivity contribution in [3.05, 3.63) is 53.6 Å². The zero-order valence-electron chi connectivity index (χ0n) is 12.8. The quantitative estimate of drug-likeness (QED) is 0.527. The lowest BCUT2D eigenvalue weighted by Gasteiger charge is -1.97. The Labute approximate surface area is 137 Å². The Hall–Kier alpha value is -3.59. The Morgan fingerprint density at radius 1 is 1.17 bits per heavy atom. The van der Waals surface area contributed by atoms with E-state index in [9.17, 15) is 5.11 Å². The van der Waals surface area contributed by atoms with Crippen LogP contribution in [0.5, 0.6) is 5.75 Å². The number of aromatic amines is 2. The molecular formula is C18H13N5O. The molecular weight excluding hydrogens is 302 g/mol. The number of rotatable bonds is 2. The molecule has 0 amide bonds. The number of imidazole rings is 1. The highest BCUT2D eigenvalue weighted by Gasteiger charge is 2.18. The van der Waals surface area contributed by atoms with Crippen LogP contribution >= 0.6 is 0 Å². The number of aryl methyl sites for hydroxylation is 1. The lowest BCUT2D eigenvalue weighted by molar-refractivity contribution is 0.479. The molecule has 6 heteroatoms. The lowest BCUT2D eigenvalue weighted by atomic mass is 10.1. The van der Waals surface area contributed by atoms with Gasteiger partial charge in [0.2, 0.25) is 0 Å². The Morgan fingerprint density at radius 3 is 2.71 bits per heavy atom. The van der Waals surface area contributed by atoms with Gasteiger partial charge in [-0.1, -0.05) is 30.3 Å². The molecule has 0 fully saturated rings. The van der Waals surface area contributed by atoms with E-state index >= 15 is 0 Å². The van der Waals surface area contributed by atoms with E-state index in [1.54, 1.807) is 6.07 Å². The highest BCUT2D eigenvalue weighted by atomic mass is 16.3. The molecule has 0 spiro atoms. The van der Waals surface area contributed by atoms with Crippen molar-refractivity contribution in [1.29, 1.82) is 5.26 Å². The van der Waals surface area contributed by atoms with E-state index in [1.165, 1.54) is 0 Å². The van der Waals surface area contributed by atoms with Gasteiger partial charge in [-0.15, -0.1) is 0 Å². The van der Waals surface area contributed by atoms with E-state index in [2.05, 4.69) is 26.2 Å². The van der Waals surface area contributed by atoms with Crippen molar-refractivity contribution in [3.8, 4) is 34.6 Å². The number of benzene rings is 2. The number of fused-ring (bicyclic) bond motifs is 1. The molecule has 0 aliphatic rings. The van der Waals surface area contributed by atoms with E-state index in [0.29, 0.717) is 28.3 Å². The maximum Gasteiger partial charge on any atom is 0.172 e. The van der Waals surface area contributed by atoms with Gasteiger partial charge in [0.15, 0.2) is 11.6 Å². The number of nitrogens with one attached hydrogen (secondary N) is 2. The first-order chi connectivity index (χ1) is 11.7. The first kappa shape index (κ1) is 14.0. The van der Waals surface area contributed by atoms with Crippen molar-refractivity contribution in [2.24, 2.45) is 0 Å². The SMILES string of the molecule is Cc1cc2[nH]c(-c3[nH]nc(-c4ccccc4)c3O)nc2cc1C#N. The Morgan fingerprint density at radius 2 is 1.96 bits per heavy atom. The molecule has 0 radical (unpaired) electrons. The Kier molecular flexibility index (Phi) is 3.07. The molecule has 0 bridgehead atoms. The third-order valence-corrected chi connectivity index (χ3v) is 3.97. The summed E-state index contributed by atoms with van der Waals surface area (Å²) in [6.07, 6.45) is 0. The molecule has 4 aromatic rings. The zero-order valence-corrected chi connectivity index (χ0v) is 12.8. The molecule has 3 N–H and O–H groups in total. The molecule has 2 heterocycles. The summed E-state index contributed by atoms with van der Waals surface area (Å²) in [5, 5.41) is 26.7. The van der Waals surface area contributed by atoms with Gasteiger partial charge < -0.3 is 10.1 Å². The second-order valence-corrected chi connectivity index (χ2v) is 5.54. The molecule has 2 aromatic heterocycles. The molecule has 4 rings (SSSR count). The minimum Gasteiger partial charge on any atom is -0.504 e. The maximum atomic E-state index is 10.5. The Balaban J connectivity index is 1.84. The molecule has 0 saturated carbocycles. The smallest absolute Gasteiger partial charge is 0.172 e. The van der Waals surface area contributed by atoms with Gasteiger partial charge in [-0.2, -0.15) is 10.4 Å². The summed E-state index contributed by atoms with van der Waals surface area (Å²) in [7, 11) is 0. The van der Waals surface area contributed by atoms with Gasteiger partial charge in [-0.05, 0) is 24.6 Å². The zero-order chi connectivity index (χ0) is 16.7. The van der Waals surface area contributed by atoms with Crippen LogP contribution in [0.3, 0.4) is 0 Å². The number of nitrogens with zero attached hydrogens (tertiary/aromatic N) is 3. The lowest BCUT2D eigenvalue weighted by Crippen LogP contribution is -1.81. The van der Waals surface area contributed by atoms with E-state index in [-0.39, 0.29) is 5.75 Å². The van der Waals surface area contributed by atoms with Gasteiger partial charge in [0.1, 0.15) is 11.4 Å². The van der Waals surface area contributed by atoms with Crippen LogP contribution < -0.4 is 0 Å². The van der Waals surface area contributed by atoms with Crippen LogP contribution in [0, 0.1) is 18.3 Å². The fraction of sp³-hybridized carbons (Fsp3) is 0.0556. The predicted octanol–water partition coefficient (Wildman–Crippen LogP) is 3.51. The third-order valence-electron chi connectivity index (χ3n) is 3.97. The summed E-state index contributed by atoms with van der Waals surface area (Å²) in [4.78, 5) is 7.62. The van der Waals surface area contributed by atoms with Gasteiger partial charge in [0, 0.05) is 5.56 Å². The second-order valence-electron chi connectivity index (χ2n) is 5.54. The fourth-order valence-electron chi connectivity index (χ4n) is 2.70. The average Bonchev–Trinajstić information content (AvgIpc) is 3.17. The molecule has 0 atom stereocenters. The topological polar surface area (TPSA) is 101 Å². The molecule has 24 heavy (non-hydrogen) atoms. The van der Waals surface area contributed by atoms with Gasteiger partial charge >= 0.3 is 0 Å². The standard InChI is InChI=1S/C18H13N5O/c1-10-7-13-14(8-12(10)9-19)21-18(20-13)16-17(24)15(22-23-16)11-5-3-2-4-6-11/h2-8,24H,1H3,(H,20,21)(H,22,23). The van der Waals surface area contributed by atoms with E-state index < -0.39 is 0 Å². The second kappa shape index (κ2) is 5.25.